The van der Waals surface area contributed by atoms with E-state index in [2.05, 4.69) is 22.6 Å². The number of phenolic OH excluding ortho intramolecular Hbond substituents is 1. The molecule has 45 heavy (non-hydrogen) atoms. The third-order valence-corrected chi connectivity index (χ3v) is 11.1. The van der Waals surface area contributed by atoms with Gasteiger partial charge in [-0.05, 0) is 96.8 Å². The van der Waals surface area contributed by atoms with Gasteiger partial charge in [-0.2, -0.15) is 0 Å². The summed E-state index contributed by atoms with van der Waals surface area (Å²) in [5.74, 6) is -5.48. The van der Waals surface area contributed by atoms with Crippen molar-refractivity contribution in [2.75, 3.05) is 16.9 Å². The summed E-state index contributed by atoms with van der Waals surface area (Å²) in [4.78, 5) is 59.1. The maximum absolute atomic E-state index is 14.5. The van der Waals surface area contributed by atoms with Crippen molar-refractivity contribution in [1.82, 2.24) is 0 Å². The fourth-order valence-corrected chi connectivity index (χ4v) is 8.55. The van der Waals surface area contributed by atoms with E-state index in [0.29, 0.717) is 23.4 Å². The van der Waals surface area contributed by atoms with Gasteiger partial charge in [-0.1, -0.05) is 29.3 Å². The van der Waals surface area contributed by atoms with Gasteiger partial charge in [0.15, 0.2) is 0 Å². The topological polar surface area (TPSA) is 104 Å². The number of benzene rings is 3. The predicted octanol–water partition coefficient (Wildman–Crippen LogP) is 6.23. The molecule has 2 aliphatic carbocycles. The lowest BCUT2D eigenvalue weighted by Gasteiger charge is -2.49. The average molecular weight is 741 g/mol. The Labute approximate surface area is 276 Å². The molecule has 0 bridgehead atoms. The second-order valence-electron chi connectivity index (χ2n) is 12.2. The van der Waals surface area contributed by atoms with Crippen molar-refractivity contribution in [1.29, 1.82) is 0 Å². The van der Waals surface area contributed by atoms with Crippen molar-refractivity contribution in [3.05, 3.63) is 92.3 Å². The molecule has 1 N–H and O–H groups in total. The zero-order chi connectivity index (χ0) is 31.9. The summed E-state index contributed by atoms with van der Waals surface area (Å²) >= 11 is 8.23. The number of hydrogen-bond donors (Lipinski definition) is 1. The zero-order valence-electron chi connectivity index (χ0n) is 24.2. The number of phenols is 1. The standard InChI is InChI=1S/C34H27ClFIN2O6/c1-34-24(31(42)39(33(34)44)18-7-12-26(36)25(35)13-18)15-23-20(29(34)21-9-8-19(40)14-27(21)45-2)10-11-22-28(23)32(43)38(30(22)41)17-5-3-16(37)4-6-17/h3-10,12-14,22-24,28-29,40H,11,15H2,1-2H3. The minimum absolute atomic E-state index is 0.0384. The van der Waals surface area contributed by atoms with Crippen LogP contribution in [0.5, 0.6) is 11.5 Å². The summed E-state index contributed by atoms with van der Waals surface area (Å²) in [6.07, 6.45) is 2.40. The summed E-state index contributed by atoms with van der Waals surface area (Å²) in [5.41, 5.74) is 0.660. The van der Waals surface area contributed by atoms with Gasteiger partial charge in [0.05, 0.1) is 46.7 Å². The molecule has 0 aromatic heterocycles. The molecule has 6 atom stereocenters. The molecule has 2 aliphatic heterocycles. The van der Waals surface area contributed by atoms with Crippen molar-refractivity contribution in [2.24, 2.45) is 29.1 Å². The number of hydrogen-bond acceptors (Lipinski definition) is 6. The minimum atomic E-state index is -1.33. The Morgan fingerprint density at radius 3 is 2.33 bits per heavy atom. The first-order valence-corrected chi connectivity index (χ1v) is 16.0. The summed E-state index contributed by atoms with van der Waals surface area (Å²) in [6.45, 7) is 1.74. The Balaban J connectivity index is 1.38. The number of halogens is 3. The maximum Gasteiger partial charge on any atom is 0.241 e. The average Bonchev–Trinajstić information content (AvgIpc) is 3.39. The Morgan fingerprint density at radius 1 is 0.933 bits per heavy atom. The van der Waals surface area contributed by atoms with Crippen LogP contribution in [0.15, 0.2) is 72.3 Å². The second kappa shape index (κ2) is 10.7. The monoisotopic (exact) mass is 740 g/mol. The molecule has 6 unspecified atom stereocenters. The van der Waals surface area contributed by atoms with Crippen LogP contribution in [0.2, 0.25) is 5.02 Å². The molecule has 2 saturated heterocycles. The molecule has 230 valence electrons. The van der Waals surface area contributed by atoms with Gasteiger partial charge in [0.2, 0.25) is 23.6 Å². The molecular formula is C34H27ClFIN2O6. The summed E-state index contributed by atoms with van der Waals surface area (Å²) < 4.78 is 20.7. The minimum Gasteiger partial charge on any atom is -0.508 e. The first kappa shape index (κ1) is 29.9. The molecular weight excluding hydrogens is 714 g/mol. The largest absolute Gasteiger partial charge is 0.508 e. The number of methoxy groups -OCH3 is 1. The molecule has 7 rings (SSSR count). The Morgan fingerprint density at radius 2 is 1.64 bits per heavy atom. The van der Waals surface area contributed by atoms with Crippen molar-refractivity contribution in [3.63, 3.8) is 0 Å². The van der Waals surface area contributed by atoms with Crippen LogP contribution < -0.4 is 14.5 Å². The Hall–Kier alpha value is -3.77. The number of carbonyl (C=O) groups excluding carboxylic acids is 4. The number of aromatic hydroxyl groups is 1. The quantitative estimate of drug-likeness (QED) is 0.193. The van der Waals surface area contributed by atoms with E-state index < -0.39 is 52.6 Å². The van der Waals surface area contributed by atoms with Gasteiger partial charge in [0.25, 0.3) is 0 Å². The highest BCUT2D eigenvalue weighted by molar-refractivity contribution is 14.1. The smallest absolute Gasteiger partial charge is 0.241 e. The van der Waals surface area contributed by atoms with E-state index in [0.717, 1.165) is 20.1 Å². The Kier molecular flexibility index (Phi) is 7.08. The van der Waals surface area contributed by atoms with Crippen LogP contribution >= 0.6 is 34.2 Å². The first-order valence-electron chi connectivity index (χ1n) is 14.5. The van der Waals surface area contributed by atoms with E-state index in [-0.39, 0.29) is 34.7 Å². The number of fused-ring (bicyclic) bond motifs is 4. The molecule has 11 heteroatoms. The highest BCUT2D eigenvalue weighted by Crippen LogP contribution is 2.64. The number of anilines is 2. The van der Waals surface area contributed by atoms with Crippen molar-refractivity contribution in [2.45, 2.75) is 25.7 Å². The van der Waals surface area contributed by atoms with Gasteiger partial charge in [0, 0.05) is 21.1 Å². The van der Waals surface area contributed by atoms with Crippen molar-refractivity contribution in [3.8, 4) is 11.5 Å². The summed E-state index contributed by atoms with van der Waals surface area (Å²) in [7, 11) is 1.45. The lowest BCUT2D eigenvalue weighted by Crippen LogP contribution is -2.49. The fraction of sp³-hybridized carbons (Fsp3) is 0.294. The van der Waals surface area contributed by atoms with Crippen molar-refractivity contribution >= 4 is 69.2 Å². The highest BCUT2D eigenvalue weighted by Gasteiger charge is 2.68. The predicted molar refractivity (Wildman–Crippen MR) is 172 cm³/mol. The lowest BCUT2D eigenvalue weighted by molar-refractivity contribution is -0.131. The molecule has 1 saturated carbocycles. The molecule has 4 amide bonds. The van der Waals surface area contributed by atoms with Crippen LogP contribution in [0.1, 0.15) is 31.2 Å². The van der Waals surface area contributed by atoms with E-state index in [1.165, 1.54) is 36.3 Å². The van der Waals surface area contributed by atoms with Crippen LogP contribution in [0.25, 0.3) is 0 Å². The number of rotatable bonds is 4. The molecule has 8 nitrogen and oxygen atoms in total. The highest BCUT2D eigenvalue weighted by atomic mass is 127. The van der Waals surface area contributed by atoms with E-state index in [1.807, 2.05) is 18.2 Å². The van der Waals surface area contributed by atoms with Crippen molar-refractivity contribution < 1.29 is 33.4 Å². The van der Waals surface area contributed by atoms with Gasteiger partial charge < -0.3 is 9.84 Å². The molecule has 2 heterocycles. The lowest BCUT2D eigenvalue weighted by atomic mass is 9.51. The molecule has 3 aromatic carbocycles. The summed E-state index contributed by atoms with van der Waals surface area (Å²) in [5, 5.41) is 10.0. The van der Waals surface area contributed by atoms with E-state index in [1.54, 1.807) is 25.1 Å². The maximum atomic E-state index is 14.5. The van der Waals surface area contributed by atoms with Gasteiger partial charge in [-0.15, -0.1) is 0 Å². The number of amides is 4. The normalized spacial score (nSPS) is 29.0. The van der Waals surface area contributed by atoms with Crippen LogP contribution in [0.4, 0.5) is 15.8 Å². The zero-order valence-corrected chi connectivity index (χ0v) is 27.1. The number of ether oxygens (including phenoxy) is 1. The van der Waals surface area contributed by atoms with Crippen LogP contribution in [-0.2, 0) is 19.2 Å². The van der Waals surface area contributed by atoms with Gasteiger partial charge in [-0.25, -0.2) is 9.29 Å². The summed E-state index contributed by atoms with van der Waals surface area (Å²) in [6, 6.07) is 15.5. The number of carbonyl (C=O) groups is 4. The van der Waals surface area contributed by atoms with Crippen LogP contribution in [0, 0.1) is 38.5 Å². The Bertz CT molecular complexity index is 1850. The van der Waals surface area contributed by atoms with E-state index in [4.69, 9.17) is 16.3 Å². The van der Waals surface area contributed by atoms with Gasteiger partial charge >= 0.3 is 0 Å². The first-order chi connectivity index (χ1) is 21.5. The van der Waals surface area contributed by atoms with E-state index in [9.17, 15) is 28.7 Å². The number of imide groups is 2. The molecule has 0 spiro atoms. The molecule has 3 fully saturated rings. The number of nitrogens with zero attached hydrogens (tertiary/aromatic N) is 2. The fourth-order valence-electron chi connectivity index (χ4n) is 8.01. The second-order valence-corrected chi connectivity index (χ2v) is 13.8. The molecule has 0 radical (unpaired) electrons. The number of allylic oxidation sites excluding steroid dienone is 2. The third-order valence-electron chi connectivity index (χ3n) is 10.0. The van der Waals surface area contributed by atoms with E-state index >= 15 is 0 Å². The van der Waals surface area contributed by atoms with Gasteiger partial charge in [0.1, 0.15) is 17.3 Å². The molecule has 4 aliphatic rings. The molecule has 3 aromatic rings. The van der Waals surface area contributed by atoms with Crippen LogP contribution in [-0.4, -0.2) is 35.8 Å². The third kappa shape index (κ3) is 4.28. The van der Waals surface area contributed by atoms with Gasteiger partial charge in [-0.3, -0.25) is 24.1 Å². The van der Waals surface area contributed by atoms with Crippen LogP contribution in [0.3, 0.4) is 0 Å². The SMILES string of the molecule is COc1cc(O)ccc1C1C2=CCC3C(=O)N(c4ccc(I)cc4)C(=O)C3C2CC2C(=O)N(c3ccc(F)c(Cl)c3)C(=O)C21C.